The number of hydrogen-bond acceptors (Lipinski definition) is 4. The van der Waals surface area contributed by atoms with Crippen molar-refractivity contribution in [2.24, 2.45) is 0 Å². The van der Waals surface area contributed by atoms with Gasteiger partial charge in [-0.15, -0.1) is 5.10 Å². The summed E-state index contributed by atoms with van der Waals surface area (Å²) in [6, 6.07) is 2.53. The van der Waals surface area contributed by atoms with Gasteiger partial charge >= 0.3 is 6.03 Å². The van der Waals surface area contributed by atoms with Crippen LogP contribution in [0.25, 0.3) is 0 Å². The molecule has 1 aromatic rings. The van der Waals surface area contributed by atoms with Gasteiger partial charge < -0.3 is 10.0 Å². The van der Waals surface area contributed by atoms with Crippen molar-refractivity contribution in [3.8, 4) is 0 Å². The molecule has 2 amide bonds. The van der Waals surface area contributed by atoms with Gasteiger partial charge in [-0.05, 0) is 12.1 Å². The van der Waals surface area contributed by atoms with Crippen molar-refractivity contribution in [1.29, 1.82) is 0 Å². The van der Waals surface area contributed by atoms with E-state index in [0.29, 0.717) is 0 Å². The SMILES string of the molecule is CC(C)(C)c1ccc(NC(=O)N(CCO)CC(F)F)nn1. The molecule has 0 bridgehead atoms. The van der Waals surface area contributed by atoms with Crippen molar-refractivity contribution >= 4 is 11.8 Å². The second kappa shape index (κ2) is 7.26. The molecule has 0 aliphatic heterocycles. The number of nitrogens with zero attached hydrogens (tertiary/aromatic N) is 3. The highest BCUT2D eigenvalue weighted by atomic mass is 19.3. The van der Waals surface area contributed by atoms with E-state index in [-0.39, 0.29) is 17.8 Å². The highest BCUT2D eigenvalue weighted by molar-refractivity contribution is 5.88. The number of hydrogen-bond donors (Lipinski definition) is 2. The standard InChI is InChI=1S/C13H20F2N4O2/c1-13(2,3)9-4-5-11(18-17-9)16-12(21)19(6-7-20)8-10(14)15/h4-5,10,20H,6-8H2,1-3H3,(H,16,18,21). The Morgan fingerprint density at radius 3 is 2.48 bits per heavy atom. The molecule has 8 heteroatoms. The maximum absolute atomic E-state index is 12.4. The van der Waals surface area contributed by atoms with E-state index in [2.05, 4.69) is 15.5 Å². The van der Waals surface area contributed by atoms with E-state index < -0.39 is 25.6 Å². The van der Waals surface area contributed by atoms with E-state index in [1.807, 2.05) is 20.8 Å². The van der Waals surface area contributed by atoms with Crippen molar-refractivity contribution in [2.75, 3.05) is 25.0 Å². The summed E-state index contributed by atoms with van der Waals surface area (Å²) in [4.78, 5) is 12.6. The average molecular weight is 302 g/mol. The molecule has 0 saturated heterocycles. The lowest BCUT2D eigenvalue weighted by molar-refractivity contribution is 0.0942. The molecule has 0 saturated carbocycles. The van der Waals surface area contributed by atoms with Crippen LogP contribution in [0.5, 0.6) is 0 Å². The highest BCUT2D eigenvalue weighted by Crippen LogP contribution is 2.19. The van der Waals surface area contributed by atoms with Crippen LogP contribution in [0.4, 0.5) is 19.4 Å². The predicted molar refractivity (Wildman–Crippen MR) is 74.4 cm³/mol. The highest BCUT2D eigenvalue weighted by Gasteiger charge is 2.19. The first kappa shape index (κ1) is 17.2. The molecule has 1 rings (SSSR count). The van der Waals surface area contributed by atoms with E-state index in [0.717, 1.165) is 10.6 Å². The zero-order valence-corrected chi connectivity index (χ0v) is 12.3. The summed E-state index contributed by atoms with van der Waals surface area (Å²) >= 11 is 0. The first-order chi connectivity index (χ1) is 9.74. The topological polar surface area (TPSA) is 78.4 Å². The predicted octanol–water partition coefficient (Wildman–Crippen LogP) is 1.87. The third-order valence-corrected chi connectivity index (χ3v) is 2.68. The Hall–Kier alpha value is -1.83. The van der Waals surface area contributed by atoms with Crippen molar-refractivity contribution < 1.29 is 18.7 Å². The molecular weight excluding hydrogens is 282 g/mol. The van der Waals surface area contributed by atoms with Crippen LogP contribution in [0.1, 0.15) is 26.5 Å². The van der Waals surface area contributed by atoms with Crippen LogP contribution in [0.2, 0.25) is 0 Å². The Balaban J connectivity index is 2.72. The van der Waals surface area contributed by atoms with Gasteiger partial charge in [-0.1, -0.05) is 20.8 Å². The number of halogens is 2. The summed E-state index contributed by atoms with van der Waals surface area (Å²) < 4.78 is 24.7. The molecule has 0 aliphatic rings. The van der Waals surface area contributed by atoms with E-state index in [9.17, 15) is 13.6 Å². The second-order valence-corrected chi connectivity index (χ2v) is 5.54. The average Bonchev–Trinajstić information content (AvgIpc) is 2.37. The van der Waals surface area contributed by atoms with Gasteiger partial charge in [0.2, 0.25) is 0 Å². The zero-order chi connectivity index (χ0) is 16.0. The third kappa shape index (κ3) is 5.58. The molecule has 6 nitrogen and oxygen atoms in total. The van der Waals surface area contributed by atoms with Gasteiger partial charge in [-0.25, -0.2) is 13.6 Å². The minimum absolute atomic E-state index is 0.171. The molecule has 0 unspecified atom stereocenters. The molecule has 1 heterocycles. The zero-order valence-electron chi connectivity index (χ0n) is 12.3. The Labute approximate surface area is 122 Å². The fraction of sp³-hybridized carbons (Fsp3) is 0.615. The summed E-state index contributed by atoms with van der Waals surface area (Å²) in [5.74, 6) is 0.171. The van der Waals surface area contributed by atoms with Crippen LogP contribution >= 0.6 is 0 Å². The quantitative estimate of drug-likeness (QED) is 0.870. The number of alkyl halides is 2. The molecule has 0 atom stereocenters. The first-order valence-corrected chi connectivity index (χ1v) is 6.53. The van der Waals surface area contributed by atoms with E-state index in [4.69, 9.17) is 5.11 Å². The number of aliphatic hydroxyl groups is 1. The Kier molecular flexibility index (Phi) is 5.95. The Morgan fingerprint density at radius 1 is 1.38 bits per heavy atom. The summed E-state index contributed by atoms with van der Waals surface area (Å²) in [6.07, 6.45) is -2.67. The lowest BCUT2D eigenvalue weighted by atomic mass is 9.92. The normalized spacial score (nSPS) is 11.6. The number of carbonyl (C=O) groups excluding carboxylic acids is 1. The van der Waals surface area contributed by atoms with Gasteiger partial charge in [0, 0.05) is 12.0 Å². The monoisotopic (exact) mass is 302 g/mol. The van der Waals surface area contributed by atoms with E-state index in [1.165, 1.54) is 0 Å². The third-order valence-electron chi connectivity index (χ3n) is 2.68. The van der Waals surface area contributed by atoms with Crippen LogP contribution in [-0.4, -0.2) is 52.4 Å². The fourth-order valence-electron chi connectivity index (χ4n) is 1.55. The van der Waals surface area contributed by atoms with Gasteiger partial charge in [0.15, 0.2) is 5.82 Å². The van der Waals surface area contributed by atoms with Crippen LogP contribution in [0.15, 0.2) is 12.1 Å². The van der Waals surface area contributed by atoms with Gasteiger partial charge in [0.1, 0.15) is 0 Å². The van der Waals surface area contributed by atoms with Crippen molar-refractivity contribution in [1.82, 2.24) is 15.1 Å². The lowest BCUT2D eigenvalue weighted by Gasteiger charge is -2.21. The molecule has 0 aromatic carbocycles. The smallest absolute Gasteiger partial charge is 0.323 e. The number of rotatable bonds is 5. The van der Waals surface area contributed by atoms with Gasteiger partial charge in [0.05, 0.1) is 18.8 Å². The number of urea groups is 1. The lowest BCUT2D eigenvalue weighted by Crippen LogP contribution is -2.40. The number of carbonyl (C=O) groups is 1. The molecule has 0 radical (unpaired) electrons. The number of nitrogens with one attached hydrogen (secondary N) is 1. The molecule has 0 spiro atoms. The summed E-state index contributed by atoms with van der Waals surface area (Å²) in [6.45, 7) is 4.60. The van der Waals surface area contributed by atoms with E-state index >= 15 is 0 Å². The van der Waals surface area contributed by atoms with Crippen molar-refractivity contribution in [2.45, 2.75) is 32.6 Å². The molecule has 118 valence electrons. The Morgan fingerprint density at radius 2 is 2.05 bits per heavy atom. The van der Waals surface area contributed by atoms with Gasteiger partial charge in [-0.3, -0.25) is 5.32 Å². The molecule has 1 aromatic heterocycles. The summed E-state index contributed by atoms with van der Waals surface area (Å²) in [7, 11) is 0. The van der Waals surface area contributed by atoms with Crippen LogP contribution in [0.3, 0.4) is 0 Å². The van der Waals surface area contributed by atoms with Gasteiger partial charge in [0.25, 0.3) is 6.43 Å². The van der Waals surface area contributed by atoms with Crippen LogP contribution < -0.4 is 5.32 Å². The van der Waals surface area contributed by atoms with Crippen LogP contribution in [-0.2, 0) is 5.41 Å². The summed E-state index contributed by atoms with van der Waals surface area (Å²) in [5, 5.41) is 19.0. The number of aliphatic hydroxyl groups excluding tert-OH is 1. The molecular formula is C13H20F2N4O2. The minimum atomic E-state index is -2.67. The number of amides is 2. The molecule has 0 aliphatic carbocycles. The maximum atomic E-state index is 12.4. The largest absolute Gasteiger partial charge is 0.395 e. The minimum Gasteiger partial charge on any atom is -0.395 e. The first-order valence-electron chi connectivity index (χ1n) is 6.53. The van der Waals surface area contributed by atoms with Gasteiger partial charge in [-0.2, -0.15) is 5.10 Å². The van der Waals surface area contributed by atoms with Crippen molar-refractivity contribution in [3.05, 3.63) is 17.8 Å². The second-order valence-electron chi connectivity index (χ2n) is 5.54. The number of anilines is 1. The molecule has 21 heavy (non-hydrogen) atoms. The van der Waals surface area contributed by atoms with Crippen LogP contribution in [0, 0.1) is 0 Å². The van der Waals surface area contributed by atoms with Crippen molar-refractivity contribution in [3.63, 3.8) is 0 Å². The fourth-order valence-corrected chi connectivity index (χ4v) is 1.55. The molecule has 0 fully saturated rings. The maximum Gasteiger partial charge on any atom is 0.323 e. The van der Waals surface area contributed by atoms with E-state index in [1.54, 1.807) is 12.1 Å². The summed E-state index contributed by atoms with van der Waals surface area (Å²) in [5.41, 5.74) is 0.578. The molecule has 2 N–H and O–H groups in total. The Bertz CT molecular complexity index is 460. The number of aromatic nitrogens is 2.